The monoisotopic (exact) mass is 575 g/mol. The molecule has 1 aliphatic rings. The van der Waals surface area contributed by atoms with E-state index < -0.39 is 0 Å². The van der Waals surface area contributed by atoms with E-state index >= 15 is 0 Å². The number of aryl methyl sites for hydroxylation is 1. The standard InChI is InChI=1S/C26H33N5O2.HI/c1-18-9-10-19(24(13-18)33-21-11-12-32-17-21)15-28-26(27-2)29-16-20-14-25(31(3)4)30-23-8-6-5-7-22(20)23;/h5-10,13-14,21H,11-12,15-17H2,1-4H3,(H2,27,28,29);1H. The molecule has 1 aromatic heterocycles. The van der Waals surface area contributed by atoms with Gasteiger partial charge < -0.3 is 25.0 Å². The lowest BCUT2D eigenvalue weighted by Crippen LogP contribution is -2.36. The zero-order valence-corrected chi connectivity index (χ0v) is 22.6. The molecule has 0 saturated carbocycles. The van der Waals surface area contributed by atoms with Crippen LogP contribution in [-0.2, 0) is 17.8 Å². The van der Waals surface area contributed by atoms with Crippen molar-refractivity contribution in [1.82, 2.24) is 15.6 Å². The first-order chi connectivity index (χ1) is 16.0. The second-order valence-corrected chi connectivity index (χ2v) is 8.55. The Kier molecular flexibility index (Phi) is 9.35. The summed E-state index contributed by atoms with van der Waals surface area (Å²) in [6, 6.07) is 16.7. The summed E-state index contributed by atoms with van der Waals surface area (Å²) in [5, 5.41) is 8.02. The summed E-state index contributed by atoms with van der Waals surface area (Å²) < 4.78 is 11.7. The van der Waals surface area contributed by atoms with Crippen molar-refractivity contribution in [2.24, 2.45) is 4.99 Å². The van der Waals surface area contributed by atoms with Gasteiger partial charge in [0.05, 0.1) is 18.7 Å². The molecule has 7 nitrogen and oxygen atoms in total. The maximum absolute atomic E-state index is 6.23. The first-order valence-corrected chi connectivity index (χ1v) is 11.4. The molecule has 1 atom stereocenters. The third-order valence-electron chi connectivity index (χ3n) is 5.77. The highest BCUT2D eigenvalue weighted by Gasteiger charge is 2.19. The number of hydrogen-bond donors (Lipinski definition) is 2. The van der Waals surface area contributed by atoms with Gasteiger partial charge in [-0.15, -0.1) is 24.0 Å². The Morgan fingerprint density at radius 1 is 1.12 bits per heavy atom. The highest BCUT2D eigenvalue weighted by molar-refractivity contribution is 14.0. The fourth-order valence-corrected chi connectivity index (χ4v) is 3.89. The maximum atomic E-state index is 6.23. The van der Waals surface area contributed by atoms with Crippen LogP contribution in [0.2, 0.25) is 0 Å². The number of aliphatic imine (C=N–C) groups is 1. The lowest BCUT2D eigenvalue weighted by molar-refractivity contribution is 0.140. The Morgan fingerprint density at radius 3 is 2.59 bits per heavy atom. The van der Waals surface area contributed by atoms with Gasteiger partial charge in [0, 0.05) is 51.6 Å². The number of hydrogen-bond acceptors (Lipinski definition) is 5. The Balaban J connectivity index is 0.00000324. The van der Waals surface area contributed by atoms with Crippen LogP contribution in [0, 0.1) is 6.92 Å². The quantitative estimate of drug-likeness (QED) is 0.249. The summed E-state index contributed by atoms with van der Waals surface area (Å²) in [6.45, 7) is 4.75. The molecule has 182 valence electrons. The zero-order valence-electron chi connectivity index (χ0n) is 20.3. The molecule has 1 saturated heterocycles. The van der Waals surface area contributed by atoms with Crippen molar-refractivity contribution in [1.29, 1.82) is 0 Å². The van der Waals surface area contributed by atoms with E-state index in [-0.39, 0.29) is 30.1 Å². The molecule has 0 spiro atoms. The van der Waals surface area contributed by atoms with Gasteiger partial charge in [0.25, 0.3) is 0 Å². The molecule has 8 heteroatoms. The van der Waals surface area contributed by atoms with Crippen LogP contribution in [0.25, 0.3) is 10.9 Å². The molecular formula is C26H34IN5O2. The van der Waals surface area contributed by atoms with E-state index in [4.69, 9.17) is 14.5 Å². The molecule has 2 N–H and O–H groups in total. The van der Waals surface area contributed by atoms with Crippen molar-refractivity contribution >= 4 is 46.7 Å². The second kappa shape index (κ2) is 12.2. The molecular weight excluding hydrogens is 541 g/mol. The first-order valence-electron chi connectivity index (χ1n) is 11.4. The van der Waals surface area contributed by atoms with Crippen molar-refractivity contribution in [3.05, 3.63) is 65.2 Å². The van der Waals surface area contributed by atoms with Gasteiger partial charge in [-0.1, -0.05) is 30.3 Å². The molecule has 1 unspecified atom stereocenters. The summed E-state index contributed by atoms with van der Waals surface area (Å²) in [7, 11) is 5.80. The van der Waals surface area contributed by atoms with Crippen LogP contribution in [0.3, 0.4) is 0 Å². The van der Waals surface area contributed by atoms with Crippen LogP contribution >= 0.6 is 24.0 Å². The predicted octanol–water partition coefficient (Wildman–Crippen LogP) is 4.26. The number of benzene rings is 2. The van der Waals surface area contributed by atoms with Gasteiger partial charge in [0.15, 0.2) is 5.96 Å². The summed E-state index contributed by atoms with van der Waals surface area (Å²) in [6.07, 6.45) is 1.05. The van der Waals surface area contributed by atoms with E-state index in [0.717, 1.165) is 47.0 Å². The van der Waals surface area contributed by atoms with E-state index in [1.54, 1.807) is 7.05 Å². The average molecular weight is 575 g/mol. The molecule has 34 heavy (non-hydrogen) atoms. The van der Waals surface area contributed by atoms with Crippen LogP contribution in [0.4, 0.5) is 5.82 Å². The minimum atomic E-state index is 0. The molecule has 0 radical (unpaired) electrons. The fourth-order valence-electron chi connectivity index (χ4n) is 3.89. The normalized spacial score (nSPS) is 15.6. The van der Waals surface area contributed by atoms with Gasteiger partial charge in [-0.3, -0.25) is 4.99 Å². The average Bonchev–Trinajstić information content (AvgIpc) is 3.33. The van der Waals surface area contributed by atoms with Crippen LogP contribution in [0.5, 0.6) is 5.75 Å². The summed E-state index contributed by atoms with van der Waals surface area (Å²) in [5.74, 6) is 2.58. The van der Waals surface area contributed by atoms with Gasteiger partial charge in [0.2, 0.25) is 0 Å². The molecule has 1 aliphatic heterocycles. The van der Waals surface area contributed by atoms with Crippen molar-refractivity contribution in [3.63, 3.8) is 0 Å². The van der Waals surface area contributed by atoms with E-state index in [1.165, 1.54) is 11.1 Å². The van der Waals surface area contributed by atoms with E-state index in [2.05, 4.69) is 52.9 Å². The molecule has 3 aromatic rings. The molecule has 4 rings (SSSR count). The fraction of sp³-hybridized carbons (Fsp3) is 0.385. The number of para-hydroxylation sites is 1. The number of nitrogens with one attached hydrogen (secondary N) is 2. The van der Waals surface area contributed by atoms with Gasteiger partial charge in [0.1, 0.15) is 17.7 Å². The minimum Gasteiger partial charge on any atom is -0.488 e. The molecule has 0 bridgehead atoms. The predicted molar refractivity (Wildman–Crippen MR) is 150 cm³/mol. The SMILES string of the molecule is CN=C(NCc1ccc(C)cc1OC1CCOC1)NCc1cc(N(C)C)nc2ccccc12.I. The van der Waals surface area contributed by atoms with Crippen LogP contribution in [0.15, 0.2) is 53.5 Å². The number of nitrogens with zero attached hydrogens (tertiary/aromatic N) is 3. The second-order valence-electron chi connectivity index (χ2n) is 8.55. The van der Waals surface area contributed by atoms with Crippen molar-refractivity contribution < 1.29 is 9.47 Å². The first kappa shape index (κ1) is 26.0. The number of rotatable bonds is 7. The Morgan fingerprint density at radius 2 is 1.88 bits per heavy atom. The highest BCUT2D eigenvalue weighted by atomic mass is 127. The van der Waals surface area contributed by atoms with E-state index in [1.807, 2.05) is 37.2 Å². The molecule has 0 aliphatic carbocycles. The van der Waals surface area contributed by atoms with Gasteiger partial charge in [-0.2, -0.15) is 0 Å². The van der Waals surface area contributed by atoms with Gasteiger partial charge >= 0.3 is 0 Å². The number of aromatic nitrogens is 1. The number of halogens is 1. The Bertz CT molecular complexity index is 1130. The molecule has 1 fully saturated rings. The number of pyridine rings is 1. The van der Waals surface area contributed by atoms with Crippen molar-refractivity contribution in [2.45, 2.75) is 32.5 Å². The van der Waals surface area contributed by atoms with Crippen molar-refractivity contribution in [3.8, 4) is 5.75 Å². The molecule has 2 heterocycles. The lowest BCUT2D eigenvalue weighted by Gasteiger charge is -2.19. The zero-order chi connectivity index (χ0) is 23.2. The number of ether oxygens (including phenoxy) is 2. The summed E-state index contributed by atoms with van der Waals surface area (Å²) >= 11 is 0. The van der Waals surface area contributed by atoms with E-state index in [9.17, 15) is 0 Å². The topological polar surface area (TPSA) is 71.0 Å². The largest absolute Gasteiger partial charge is 0.488 e. The van der Waals surface area contributed by atoms with Crippen molar-refractivity contribution in [2.75, 3.05) is 39.3 Å². The number of fused-ring (bicyclic) bond motifs is 1. The van der Waals surface area contributed by atoms with Crippen LogP contribution < -0.4 is 20.3 Å². The lowest BCUT2D eigenvalue weighted by atomic mass is 10.1. The third kappa shape index (κ3) is 6.50. The smallest absolute Gasteiger partial charge is 0.191 e. The minimum absolute atomic E-state index is 0. The van der Waals surface area contributed by atoms with Crippen LogP contribution in [0.1, 0.15) is 23.1 Å². The van der Waals surface area contributed by atoms with Gasteiger partial charge in [-0.05, 0) is 36.2 Å². The Labute approximate surface area is 219 Å². The number of guanidine groups is 1. The number of anilines is 1. The molecule has 0 amide bonds. The maximum Gasteiger partial charge on any atom is 0.191 e. The summed E-state index contributed by atoms with van der Waals surface area (Å²) in [5.41, 5.74) is 4.43. The van der Waals surface area contributed by atoms with E-state index in [0.29, 0.717) is 19.7 Å². The highest BCUT2D eigenvalue weighted by Crippen LogP contribution is 2.24. The van der Waals surface area contributed by atoms with Gasteiger partial charge in [-0.25, -0.2) is 4.98 Å². The Hall–Kier alpha value is -2.59. The summed E-state index contributed by atoms with van der Waals surface area (Å²) in [4.78, 5) is 11.2. The molecule has 2 aromatic carbocycles. The van der Waals surface area contributed by atoms with Crippen LogP contribution in [-0.4, -0.2) is 51.4 Å². The third-order valence-corrected chi connectivity index (χ3v) is 5.77.